The lowest BCUT2D eigenvalue weighted by molar-refractivity contribution is -0.193. The Labute approximate surface area is 209 Å². The molecule has 0 aliphatic carbocycles. The smallest absolute Gasteiger partial charge is 0.490 e. The fraction of sp³-hybridized carbons (Fsp3) is 0.579. The van der Waals surface area contributed by atoms with E-state index in [1.165, 1.54) is 12.0 Å². The Morgan fingerprint density at radius 2 is 1.32 bits per heavy atom. The Balaban J connectivity index is 0. The highest BCUT2D eigenvalue weighted by Crippen LogP contribution is 2.31. The van der Waals surface area contributed by atoms with Crippen LogP contribution in [0.15, 0.2) is 21.1 Å². The first-order valence-corrected chi connectivity index (χ1v) is 10.9. The molecule has 0 unspecified atom stereocenters. The van der Waals surface area contributed by atoms with Gasteiger partial charge in [0, 0.05) is 11.0 Å². The van der Waals surface area contributed by atoms with E-state index >= 15 is 0 Å². The predicted molar refractivity (Wildman–Crippen MR) is 120 cm³/mol. The summed E-state index contributed by atoms with van der Waals surface area (Å²) >= 11 is 7.12. The lowest BCUT2D eigenvalue weighted by Crippen LogP contribution is -2.25. The molecule has 198 valence electrons. The monoisotopic (exact) mass is 634 g/mol. The number of methoxy groups -OCH3 is 1. The molecule has 1 aromatic rings. The lowest BCUT2D eigenvalue weighted by atomic mass is 10.1. The highest BCUT2D eigenvalue weighted by atomic mass is 79.9. The summed E-state index contributed by atoms with van der Waals surface area (Å²) in [5.41, 5.74) is 1.28. The third kappa shape index (κ3) is 16.9. The van der Waals surface area contributed by atoms with Crippen molar-refractivity contribution in [2.75, 3.05) is 47.9 Å². The van der Waals surface area contributed by atoms with Crippen molar-refractivity contribution in [3.05, 3.63) is 26.6 Å². The number of carbonyl (C=O) groups is 2. The molecule has 0 radical (unpaired) electrons. The van der Waals surface area contributed by atoms with Crippen LogP contribution in [0.2, 0.25) is 0 Å². The molecule has 0 heterocycles. The standard InChI is InChI=1S/C15H24Br2N2O.2C2HF3O2/c1-18(2)7-5-8-19(3)9-6-12-10-15(20-4)14(17)11-13(12)16;2*3-2(4,5)1(6)7/h10-11H,5-9H2,1-4H3;2*(H,6,7). The van der Waals surface area contributed by atoms with Gasteiger partial charge in [-0.2, -0.15) is 26.3 Å². The van der Waals surface area contributed by atoms with Crippen LogP contribution in [-0.4, -0.2) is 92.2 Å². The average Bonchev–Trinajstić information content (AvgIpc) is 2.66. The van der Waals surface area contributed by atoms with Crippen molar-refractivity contribution in [3.8, 4) is 5.75 Å². The molecule has 34 heavy (non-hydrogen) atoms. The number of benzene rings is 1. The molecule has 7 nitrogen and oxygen atoms in total. The summed E-state index contributed by atoms with van der Waals surface area (Å²) in [6.45, 7) is 3.32. The topological polar surface area (TPSA) is 90.3 Å². The lowest BCUT2D eigenvalue weighted by Gasteiger charge is -2.18. The van der Waals surface area contributed by atoms with Crippen LogP contribution in [0.4, 0.5) is 26.3 Å². The van der Waals surface area contributed by atoms with Gasteiger partial charge in [0.2, 0.25) is 0 Å². The van der Waals surface area contributed by atoms with Gasteiger partial charge in [0.25, 0.3) is 0 Å². The molecule has 0 bridgehead atoms. The molecule has 0 atom stereocenters. The molecule has 15 heteroatoms. The fourth-order valence-electron chi connectivity index (χ4n) is 2.00. The minimum atomic E-state index is -5.08. The van der Waals surface area contributed by atoms with E-state index in [2.05, 4.69) is 74.9 Å². The molecule has 0 amide bonds. The van der Waals surface area contributed by atoms with Gasteiger partial charge in [-0.3, -0.25) is 0 Å². The average molecular weight is 636 g/mol. The Morgan fingerprint density at radius 1 is 0.882 bits per heavy atom. The van der Waals surface area contributed by atoms with Crippen LogP contribution in [0.3, 0.4) is 0 Å². The van der Waals surface area contributed by atoms with Crippen molar-refractivity contribution in [1.29, 1.82) is 0 Å². The Hall–Kier alpha value is -1.58. The minimum Gasteiger partial charge on any atom is -0.496 e. The molecule has 0 fully saturated rings. The van der Waals surface area contributed by atoms with Gasteiger partial charge >= 0.3 is 24.3 Å². The second-order valence-corrected chi connectivity index (χ2v) is 8.60. The number of nitrogens with zero attached hydrogens (tertiary/aromatic N) is 2. The maximum Gasteiger partial charge on any atom is 0.490 e. The number of rotatable bonds is 8. The first kappa shape index (κ1) is 34.6. The number of hydrogen-bond donors (Lipinski definition) is 2. The fourth-order valence-corrected chi connectivity index (χ4v) is 3.35. The highest BCUT2D eigenvalue weighted by molar-refractivity contribution is 9.11. The van der Waals surface area contributed by atoms with Crippen molar-refractivity contribution in [2.24, 2.45) is 0 Å². The van der Waals surface area contributed by atoms with E-state index in [1.54, 1.807) is 7.11 Å². The van der Waals surface area contributed by atoms with Gasteiger partial charge in [0.15, 0.2) is 0 Å². The number of hydrogen-bond acceptors (Lipinski definition) is 5. The third-order valence-corrected chi connectivity index (χ3v) is 5.07. The van der Waals surface area contributed by atoms with Crippen molar-refractivity contribution in [2.45, 2.75) is 25.2 Å². The first-order valence-electron chi connectivity index (χ1n) is 9.28. The number of carboxylic acids is 2. The second-order valence-electron chi connectivity index (χ2n) is 6.89. The summed E-state index contributed by atoms with van der Waals surface area (Å²) in [5, 5.41) is 14.2. The van der Waals surface area contributed by atoms with Crippen LogP contribution in [0, 0.1) is 0 Å². The van der Waals surface area contributed by atoms with Crippen molar-refractivity contribution >= 4 is 43.8 Å². The van der Waals surface area contributed by atoms with Gasteiger partial charge < -0.3 is 24.7 Å². The van der Waals surface area contributed by atoms with E-state index in [-0.39, 0.29) is 0 Å². The summed E-state index contributed by atoms with van der Waals surface area (Å²) < 4.78 is 70.9. The van der Waals surface area contributed by atoms with Gasteiger partial charge in [-0.05, 0) is 80.7 Å². The molecule has 0 aromatic heterocycles. The minimum absolute atomic E-state index is 0.887. The SMILES string of the molecule is COc1cc(CCN(C)CCCN(C)C)c(Br)cc1Br.O=C(O)C(F)(F)F.O=C(O)C(F)(F)F. The largest absolute Gasteiger partial charge is 0.496 e. The molecule has 0 saturated heterocycles. The number of likely N-dealkylation sites (N-methyl/N-ethyl adjacent to an activating group) is 1. The number of aliphatic carboxylic acids is 2. The Kier molecular flexibility index (Phi) is 16.4. The van der Waals surface area contributed by atoms with Crippen LogP contribution in [0.5, 0.6) is 5.75 Å². The van der Waals surface area contributed by atoms with E-state index in [4.69, 9.17) is 24.5 Å². The molecule has 1 rings (SSSR count). The summed E-state index contributed by atoms with van der Waals surface area (Å²) in [5.74, 6) is -4.63. The van der Waals surface area contributed by atoms with Gasteiger partial charge in [0.05, 0.1) is 11.6 Å². The second kappa shape index (κ2) is 16.2. The van der Waals surface area contributed by atoms with Crippen LogP contribution >= 0.6 is 31.9 Å². The summed E-state index contributed by atoms with van der Waals surface area (Å²) in [6, 6.07) is 4.15. The van der Waals surface area contributed by atoms with Gasteiger partial charge in [-0.25, -0.2) is 9.59 Å². The number of halogens is 8. The predicted octanol–water partition coefficient (Wildman–Crippen LogP) is 4.91. The summed E-state index contributed by atoms with van der Waals surface area (Å²) in [4.78, 5) is 22.4. The maximum atomic E-state index is 10.6. The molecule has 0 saturated carbocycles. The van der Waals surface area contributed by atoms with E-state index in [1.807, 2.05) is 0 Å². The van der Waals surface area contributed by atoms with Crippen molar-refractivity contribution < 1.29 is 50.9 Å². The molecule has 2 N–H and O–H groups in total. The molecule has 0 aliphatic heterocycles. The van der Waals surface area contributed by atoms with Crippen LogP contribution < -0.4 is 4.74 Å². The number of carboxylic acid groups (broad SMARTS) is 2. The number of ether oxygens (including phenoxy) is 1. The van der Waals surface area contributed by atoms with Crippen molar-refractivity contribution in [3.63, 3.8) is 0 Å². The zero-order valence-corrected chi connectivity index (χ0v) is 21.9. The highest BCUT2D eigenvalue weighted by Gasteiger charge is 2.38. The maximum absolute atomic E-state index is 10.6. The van der Waals surface area contributed by atoms with E-state index in [9.17, 15) is 26.3 Å². The van der Waals surface area contributed by atoms with E-state index in [0.29, 0.717) is 0 Å². The zero-order valence-electron chi connectivity index (χ0n) is 18.7. The summed E-state index contributed by atoms with van der Waals surface area (Å²) in [7, 11) is 8.11. The van der Waals surface area contributed by atoms with Crippen LogP contribution in [0.1, 0.15) is 12.0 Å². The molecular formula is C19H26Br2F6N2O5. The Morgan fingerprint density at radius 3 is 1.68 bits per heavy atom. The molecule has 0 spiro atoms. The molecular weight excluding hydrogens is 610 g/mol. The van der Waals surface area contributed by atoms with Crippen LogP contribution in [-0.2, 0) is 16.0 Å². The van der Waals surface area contributed by atoms with Gasteiger partial charge in [-0.15, -0.1) is 0 Å². The van der Waals surface area contributed by atoms with E-state index < -0.39 is 24.3 Å². The van der Waals surface area contributed by atoms with Gasteiger partial charge in [-0.1, -0.05) is 15.9 Å². The first-order chi connectivity index (χ1) is 15.3. The quantitative estimate of drug-likeness (QED) is 0.392. The Bertz CT molecular complexity index is 753. The van der Waals surface area contributed by atoms with Crippen molar-refractivity contribution in [1.82, 2.24) is 9.80 Å². The third-order valence-electron chi connectivity index (χ3n) is 3.71. The normalized spacial score (nSPS) is 11.4. The zero-order chi connectivity index (χ0) is 27.3. The molecule has 0 aliphatic rings. The summed E-state index contributed by atoms with van der Waals surface area (Å²) in [6.07, 6.45) is -7.95. The van der Waals surface area contributed by atoms with Crippen LogP contribution in [0.25, 0.3) is 0 Å². The van der Waals surface area contributed by atoms with Gasteiger partial charge in [0.1, 0.15) is 5.75 Å². The van der Waals surface area contributed by atoms with E-state index in [0.717, 1.165) is 40.8 Å². The number of alkyl halides is 6. The molecule has 1 aromatic carbocycles.